The molecular formula is C31H40N4O7. The third-order valence-electron chi connectivity index (χ3n) is 6.82. The van der Waals surface area contributed by atoms with Crippen molar-refractivity contribution in [1.82, 2.24) is 20.9 Å². The first kappa shape index (κ1) is 32.1. The molecule has 1 aliphatic rings. The molecule has 3 N–H and O–H groups in total. The van der Waals surface area contributed by atoms with E-state index < -0.39 is 42.0 Å². The summed E-state index contributed by atoms with van der Waals surface area (Å²) in [5, 5.41) is 8.05. The molecule has 0 radical (unpaired) electrons. The average molecular weight is 581 g/mol. The van der Waals surface area contributed by atoms with Gasteiger partial charge >= 0.3 is 12.1 Å². The number of nitrogens with one attached hydrogen (secondary N) is 3. The predicted octanol–water partition coefficient (Wildman–Crippen LogP) is 2.34. The van der Waals surface area contributed by atoms with Crippen LogP contribution in [0.1, 0.15) is 44.2 Å². The van der Waals surface area contributed by atoms with Gasteiger partial charge in [0, 0.05) is 19.4 Å². The van der Waals surface area contributed by atoms with Crippen molar-refractivity contribution in [2.24, 2.45) is 5.92 Å². The maximum absolute atomic E-state index is 13.5. The summed E-state index contributed by atoms with van der Waals surface area (Å²) >= 11 is 0. The van der Waals surface area contributed by atoms with Crippen molar-refractivity contribution in [1.29, 1.82) is 0 Å². The fourth-order valence-electron chi connectivity index (χ4n) is 4.65. The summed E-state index contributed by atoms with van der Waals surface area (Å²) in [6, 6.07) is 15.1. The molecule has 0 unspecified atom stereocenters. The number of methoxy groups -OCH3 is 1. The standard InChI is InChI=1S/C31H40N4O7/c1-21(2)17-24(34-31(40)42-20-23-13-8-5-9-14-23)28(37)32-25(18-22-11-6-4-7-12-22)29(38)33-26(30(39)41-3)19-35-16-10-15-27(35)36/h4-9,11-14,21,24-26H,10,15-20H2,1-3H3,(H,32,37)(H,33,38)(H,34,40)/t24-,25-,26-/m0/s1. The number of ether oxygens (including phenoxy) is 2. The largest absolute Gasteiger partial charge is 0.467 e. The van der Waals surface area contributed by atoms with E-state index in [-0.39, 0.29) is 31.4 Å². The fourth-order valence-corrected chi connectivity index (χ4v) is 4.65. The van der Waals surface area contributed by atoms with Crippen LogP contribution in [0.5, 0.6) is 0 Å². The van der Waals surface area contributed by atoms with Gasteiger partial charge in [-0.2, -0.15) is 0 Å². The average Bonchev–Trinajstić information content (AvgIpc) is 3.39. The predicted molar refractivity (Wildman–Crippen MR) is 155 cm³/mol. The Labute approximate surface area is 246 Å². The molecule has 11 heteroatoms. The number of hydrogen-bond donors (Lipinski definition) is 3. The number of benzene rings is 2. The molecule has 3 rings (SSSR count). The first-order valence-corrected chi connectivity index (χ1v) is 14.1. The fraction of sp³-hybridized carbons (Fsp3) is 0.452. The first-order valence-electron chi connectivity index (χ1n) is 14.1. The highest BCUT2D eigenvalue weighted by molar-refractivity contribution is 5.93. The summed E-state index contributed by atoms with van der Waals surface area (Å²) in [5.74, 6) is -1.95. The van der Waals surface area contributed by atoms with Crippen LogP contribution in [-0.4, -0.2) is 73.0 Å². The Balaban J connectivity index is 1.73. The Bertz CT molecular complexity index is 1210. The van der Waals surface area contributed by atoms with Crippen molar-refractivity contribution in [3.8, 4) is 0 Å². The van der Waals surface area contributed by atoms with Gasteiger partial charge in [-0.15, -0.1) is 0 Å². The van der Waals surface area contributed by atoms with E-state index in [4.69, 9.17) is 9.47 Å². The van der Waals surface area contributed by atoms with Crippen molar-refractivity contribution in [3.63, 3.8) is 0 Å². The van der Waals surface area contributed by atoms with Crippen molar-refractivity contribution >= 4 is 29.8 Å². The minimum atomic E-state index is -1.11. The zero-order chi connectivity index (χ0) is 30.5. The molecule has 0 spiro atoms. The Kier molecular flexibility index (Phi) is 12.3. The van der Waals surface area contributed by atoms with Crippen LogP contribution in [0.15, 0.2) is 60.7 Å². The van der Waals surface area contributed by atoms with E-state index in [2.05, 4.69) is 16.0 Å². The Morgan fingerprint density at radius 3 is 2.00 bits per heavy atom. The summed E-state index contributed by atoms with van der Waals surface area (Å²) in [4.78, 5) is 65.8. The Hall–Kier alpha value is -4.41. The molecular weight excluding hydrogens is 540 g/mol. The molecule has 3 atom stereocenters. The molecule has 11 nitrogen and oxygen atoms in total. The molecule has 1 saturated heterocycles. The second-order valence-corrected chi connectivity index (χ2v) is 10.7. The van der Waals surface area contributed by atoms with Crippen LogP contribution in [0, 0.1) is 5.92 Å². The van der Waals surface area contributed by atoms with E-state index in [0.29, 0.717) is 25.8 Å². The normalized spacial score (nSPS) is 15.0. The number of alkyl carbamates (subject to hydrolysis) is 1. The quantitative estimate of drug-likeness (QED) is 0.291. The molecule has 0 aliphatic carbocycles. The second-order valence-electron chi connectivity index (χ2n) is 10.7. The molecule has 1 heterocycles. The topological polar surface area (TPSA) is 143 Å². The van der Waals surface area contributed by atoms with E-state index in [1.165, 1.54) is 12.0 Å². The summed E-state index contributed by atoms with van der Waals surface area (Å²) in [6.07, 6.45) is 0.720. The molecule has 0 bridgehead atoms. The molecule has 4 amide bonds. The highest BCUT2D eigenvalue weighted by Crippen LogP contribution is 2.12. The van der Waals surface area contributed by atoms with E-state index >= 15 is 0 Å². The Morgan fingerprint density at radius 2 is 1.43 bits per heavy atom. The van der Waals surface area contributed by atoms with Gasteiger partial charge in [-0.1, -0.05) is 74.5 Å². The van der Waals surface area contributed by atoms with Crippen molar-refractivity contribution in [3.05, 3.63) is 71.8 Å². The van der Waals surface area contributed by atoms with E-state index in [9.17, 15) is 24.0 Å². The van der Waals surface area contributed by atoms with Gasteiger partial charge in [0.25, 0.3) is 0 Å². The molecule has 2 aromatic carbocycles. The number of likely N-dealkylation sites (tertiary alicyclic amines) is 1. The lowest BCUT2D eigenvalue weighted by Crippen LogP contribution is -2.58. The maximum Gasteiger partial charge on any atom is 0.408 e. The zero-order valence-corrected chi connectivity index (χ0v) is 24.3. The summed E-state index contributed by atoms with van der Waals surface area (Å²) in [7, 11) is 1.20. The highest BCUT2D eigenvalue weighted by atomic mass is 16.5. The van der Waals surface area contributed by atoms with Crippen LogP contribution in [-0.2, 0) is 41.7 Å². The molecule has 2 aromatic rings. The number of carbonyl (C=O) groups excluding carboxylic acids is 5. The number of amides is 4. The molecule has 1 aliphatic heterocycles. The number of esters is 1. The van der Waals surface area contributed by atoms with Crippen LogP contribution in [0.2, 0.25) is 0 Å². The number of nitrogens with zero attached hydrogens (tertiary/aromatic N) is 1. The van der Waals surface area contributed by atoms with Gasteiger partial charge in [0.1, 0.15) is 24.7 Å². The molecule has 42 heavy (non-hydrogen) atoms. The minimum absolute atomic E-state index is 0.0337. The number of carbonyl (C=O) groups is 5. The number of rotatable bonds is 14. The van der Waals surface area contributed by atoms with Crippen LogP contribution in [0.4, 0.5) is 4.79 Å². The van der Waals surface area contributed by atoms with Gasteiger partial charge in [-0.25, -0.2) is 9.59 Å². The Morgan fingerprint density at radius 1 is 0.833 bits per heavy atom. The van der Waals surface area contributed by atoms with Gasteiger partial charge < -0.3 is 30.3 Å². The van der Waals surface area contributed by atoms with Crippen LogP contribution in [0.3, 0.4) is 0 Å². The van der Waals surface area contributed by atoms with Gasteiger partial charge in [0.15, 0.2) is 0 Å². The summed E-state index contributed by atoms with van der Waals surface area (Å²) in [5.41, 5.74) is 1.57. The van der Waals surface area contributed by atoms with E-state index in [1.54, 1.807) is 0 Å². The van der Waals surface area contributed by atoms with Crippen molar-refractivity contribution in [2.75, 3.05) is 20.2 Å². The van der Waals surface area contributed by atoms with Crippen molar-refractivity contribution < 1.29 is 33.4 Å². The monoisotopic (exact) mass is 580 g/mol. The first-order chi connectivity index (χ1) is 20.2. The lowest BCUT2D eigenvalue weighted by atomic mass is 10.0. The van der Waals surface area contributed by atoms with Gasteiger partial charge in [0.05, 0.1) is 13.7 Å². The van der Waals surface area contributed by atoms with Crippen LogP contribution >= 0.6 is 0 Å². The van der Waals surface area contributed by atoms with Gasteiger partial charge in [0.2, 0.25) is 17.7 Å². The summed E-state index contributed by atoms with van der Waals surface area (Å²) < 4.78 is 10.2. The van der Waals surface area contributed by atoms with Crippen LogP contribution in [0.25, 0.3) is 0 Å². The minimum Gasteiger partial charge on any atom is -0.467 e. The number of hydrogen-bond acceptors (Lipinski definition) is 7. The van der Waals surface area contributed by atoms with Crippen molar-refractivity contribution in [2.45, 2.75) is 64.3 Å². The maximum atomic E-state index is 13.5. The van der Waals surface area contributed by atoms with E-state index in [1.807, 2.05) is 74.5 Å². The third-order valence-corrected chi connectivity index (χ3v) is 6.82. The lowest BCUT2D eigenvalue weighted by molar-refractivity contribution is -0.146. The molecule has 0 saturated carbocycles. The van der Waals surface area contributed by atoms with Gasteiger partial charge in [-0.3, -0.25) is 14.4 Å². The molecule has 1 fully saturated rings. The second kappa shape index (κ2) is 16.1. The highest BCUT2D eigenvalue weighted by Gasteiger charge is 2.33. The summed E-state index contributed by atoms with van der Waals surface area (Å²) in [6.45, 7) is 4.30. The third kappa shape index (κ3) is 10.2. The SMILES string of the molecule is COC(=O)[C@H](CN1CCCC1=O)NC(=O)[C@H](Cc1ccccc1)NC(=O)[C@H](CC(C)C)NC(=O)OCc1ccccc1. The smallest absolute Gasteiger partial charge is 0.408 e. The van der Waals surface area contributed by atoms with Crippen LogP contribution < -0.4 is 16.0 Å². The van der Waals surface area contributed by atoms with E-state index in [0.717, 1.165) is 11.1 Å². The zero-order valence-electron chi connectivity index (χ0n) is 24.3. The van der Waals surface area contributed by atoms with Gasteiger partial charge in [-0.05, 0) is 29.9 Å². The lowest BCUT2D eigenvalue weighted by Gasteiger charge is -2.27. The molecule has 226 valence electrons. The molecule has 0 aromatic heterocycles.